The molecule has 1 aromatic rings. The third kappa shape index (κ3) is 5.73. The van der Waals surface area contributed by atoms with E-state index in [-0.39, 0.29) is 18.3 Å². The summed E-state index contributed by atoms with van der Waals surface area (Å²) in [7, 11) is -1.58. The normalized spacial score (nSPS) is 16.4. The van der Waals surface area contributed by atoms with Crippen molar-refractivity contribution in [1.29, 1.82) is 0 Å². The summed E-state index contributed by atoms with van der Waals surface area (Å²) in [4.78, 5) is 11.9. The number of carbonyl (C=O) groups excluding carboxylic acids is 1. The van der Waals surface area contributed by atoms with Gasteiger partial charge in [0.1, 0.15) is 0 Å². The molecule has 8 heteroatoms. The lowest BCUT2D eigenvalue weighted by molar-refractivity contribution is -0.121. The van der Waals surface area contributed by atoms with Crippen molar-refractivity contribution < 1.29 is 13.2 Å². The molecule has 6 nitrogen and oxygen atoms in total. The van der Waals surface area contributed by atoms with Crippen LogP contribution in [0.2, 0.25) is 0 Å². The van der Waals surface area contributed by atoms with Gasteiger partial charge in [0.25, 0.3) is 0 Å². The molecular formula is C16H26ClN3O3S. The first kappa shape index (κ1) is 20.9. The number of carbonyl (C=O) groups is 1. The first-order valence-electron chi connectivity index (χ1n) is 8.00. The maximum Gasteiger partial charge on any atom is 0.243 e. The molecule has 0 saturated carbocycles. The fourth-order valence-electron chi connectivity index (χ4n) is 2.68. The number of piperidine rings is 1. The highest BCUT2D eigenvalue weighted by molar-refractivity contribution is 7.89. The standard InChI is InChI=1S/C16H25N3O3S.ClH/c1-17-10-7-16(20)18-13-14-8-11-19(12-9-14)23(21,22)15-5-3-2-4-6-15;/h2-6,14,17H,7-13H2,1H3,(H,18,20);1H. The van der Waals surface area contributed by atoms with Gasteiger partial charge in [-0.3, -0.25) is 4.79 Å². The minimum Gasteiger partial charge on any atom is -0.356 e. The van der Waals surface area contributed by atoms with E-state index in [2.05, 4.69) is 10.6 Å². The third-order valence-electron chi connectivity index (χ3n) is 4.14. The van der Waals surface area contributed by atoms with Crippen molar-refractivity contribution in [3.8, 4) is 0 Å². The highest BCUT2D eigenvalue weighted by Crippen LogP contribution is 2.23. The van der Waals surface area contributed by atoms with Crippen molar-refractivity contribution in [2.24, 2.45) is 5.92 Å². The second kappa shape index (κ2) is 9.98. The molecule has 0 spiro atoms. The van der Waals surface area contributed by atoms with Gasteiger partial charge < -0.3 is 10.6 Å². The molecule has 0 radical (unpaired) electrons. The van der Waals surface area contributed by atoms with E-state index in [1.807, 2.05) is 13.1 Å². The average Bonchev–Trinajstić information content (AvgIpc) is 2.59. The number of benzene rings is 1. The molecular weight excluding hydrogens is 350 g/mol. The summed E-state index contributed by atoms with van der Waals surface area (Å²) in [6.45, 7) is 2.31. The van der Waals surface area contributed by atoms with E-state index in [1.165, 1.54) is 0 Å². The number of amides is 1. The van der Waals surface area contributed by atoms with Gasteiger partial charge in [-0.15, -0.1) is 12.4 Å². The Morgan fingerprint density at radius 3 is 2.42 bits per heavy atom. The quantitative estimate of drug-likeness (QED) is 0.751. The van der Waals surface area contributed by atoms with E-state index in [0.717, 1.165) is 12.8 Å². The number of rotatable bonds is 7. The zero-order chi connectivity index (χ0) is 16.7. The summed E-state index contributed by atoms with van der Waals surface area (Å²) in [5.41, 5.74) is 0. The summed E-state index contributed by atoms with van der Waals surface area (Å²) in [6, 6.07) is 8.54. The van der Waals surface area contributed by atoms with Gasteiger partial charge in [-0.05, 0) is 37.9 Å². The van der Waals surface area contributed by atoms with Gasteiger partial charge in [0.05, 0.1) is 4.90 Å². The monoisotopic (exact) mass is 375 g/mol. The lowest BCUT2D eigenvalue weighted by Crippen LogP contribution is -2.41. The van der Waals surface area contributed by atoms with E-state index in [0.29, 0.717) is 43.4 Å². The molecule has 0 aliphatic carbocycles. The second-order valence-electron chi connectivity index (χ2n) is 5.82. The summed E-state index contributed by atoms with van der Waals surface area (Å²) < 4.78 is 26.6. The van der Waals surface area contributed by atoms with Crippen molar-refractivity contribution >= 4 is 28.3 Å². The Labute approximate surface area is 150 Å². The summed E-state index contributed by atoms with van der Waals surface area (Å²) in [5, 5.41) is 5.87. The van der Waals surface area contributed by atoms with Gasteiger partial charge in [-0.1, -0.05) is 18.2 Å². The fourth-order valence-corrected chi connectivity index (χ4v) is 4.17. The predicted octanol–water partition coefficient (Wildman–Crippen LogP) is 1.23. The van der Waals surface area contributed by atoms with Crippen molar-refractivity contribution in [2.45, 2.75) is 24.2 Å². The molecule has 2 N–H and O–H groups in total. The molecule has 1 aliphatic heterocycles. The summed E-state index contributed by atoms with van der Waals surface area (Å²) in [5.74, 6) is 0.384. The van der Waals surface area contributed by atoms with Gasteiger partial charge in [-0.2, -0.15) is 4.31 Å². The molecule has 0 aromatic heterocycles. The molecule has 0 bridgehead atoms. The van der Waals surface area contributed by atoms with Crippen LogP contribution in [0.5, 0.6) is 0 Å². The van der Waals surface area contributed by atoms with Crippen molar-refractivity contribution in [1.82, 2.24) is 14.9 Å². The lowest BCUT2D eigenvalue weighted by Gasteiger charge is -2.31. The lowest BCUT2D eigenvalue weighted by atomic mass is 9.98. The van der Waals surface area contributed by atoms with Crippen molar-refractivity contribution in [3.63, 3.8) is 0 Å². The molecule has 1 heterocycles. The molecule has 2 rings (SSSR count). The Kier molecular flexibility index (Phi) is 8.69. The van der Waals surface area contributed by atoms with E-state index in [1.54, 1.807) is 28.6 Å². The van der Waals surface area contributed by atoms with Crippen LogP contribution in [0.4, 0.5) is 0 Å². The molecule has 136 valence electrons. The molecule has 1 fully saturated rings. The van der Waals surface area contributed by atoms with Gasteiger partial charge in [-0.25, -0.2) is 8.42 Å². The molecule has 0 atom stereocenters. The average molecular weight is 376 g/mol. The smallest absolute Gasteiger partial charge is 0.243 e. The minimum atomic E-state index is -3.39. The number of halogens is 1. The highest BCUT2D eigenvalue weighted by atomic mass is 35.5. The topological polar surface area (TPSA) is 78.5 Å². The number of nitrogens with zero attached hydrogens (tertiary/aromatic N) is 1. The van der Waals surface area contributed by atoms with Gasteiger partial charge in [0, 0.05) is 32.6 Å². The van der Waals surface area contributed by atoms with Crippen LogP contribution in [0, 0.1) is 5.92 Å². The number of hydrogen-bond acceptors (Lipinski definition) is 4. The minimum absolute atomic E-state index is 0. The predicted molar refractivity (Wildman–Crippen MR) is 96.7 cm³/mol. The Bertz CT molecular complexity index is 602. The third-order valence-corrected chi connectivity index (χ3v) is 6.06. The van der Waals surface area contributed by atoms with Crippen molar-refractivity contribution in [2.75, 3.05) is 33.2 Å². The van der Waals surface area contributed by atoms with Crippen molar-refractivity contribution in [3.05, 3.63) is 30.3 Å². The molecule has 1 amide bonds. The number of sulfonamides is 1. The summed E-state index contributed by atoms with van der Waals surface area (Å²) >= 11 is 0. The first-order valence-corrected chi connectivity index (χ1v) is 9.44. The largest absolute Gasteiger partial charge is 0.356 e. The molecule has 1 saturated heterocycles. The van der Waals surface area contributed by atoms with Gasteiger partial charge in [0.2, 0.25) is 15.9 Å². The Morgan fingerprint density at radius 2 is 1.83 bits per heavy atom. The fraction of sp³-hybridized carbons (Fsp3) is 0.562. The number of nitrogens with one attached hydrogen (secondary N) is 2. The molecule has 1 aromatic carbocycles. The van der Waals surface area contributed by atoms with Crippen LogP contribution in [0.25, 0.3) is 0 Å². The molecule has 1 aliphatic rings. The maximum absolute atomic E-state index is 12.5. The maximum atomic E-state index is 12.5. The zero-order valence-corrected chi connectivity index (χ0v) is 15.5. The van der Waals surface area contributed by atoms with Crippen LogP contribution in [0.1, 0.15) is 19.3 Å². The van der Waals surface area contributed by atoms with Crippen LogP contribution in [0.3, 0.4) is 0 Å². The van der Waals surface area contributed by atoms with Crippen LogP contribution in [0.15, 0.2) is 35.2 Å². The number of hydrogen-bond donors (Lipinski definition) is 2. The Balaban J connectivity index is 0.00000288. The van der Waals surface area contributed by atoms with Crippen LogP contribution in [-0.4, -0.2) is 51.9 Å². The van der Waals surface area contributed by atoms with E-state index < -0.39 is 10.0 Å². The first-order chi connectivity index (χ1) is 11.0. The summed E-state index contributed by atoms with van der Waals surface area (Å²) in [6.07, 6.45) is 2.02. The van der Waals surface area contributed by atoms with E-state index >= 15 is 0 Å². The molecule has 0 unspecified atom stereocenters. The van der Waals surface area contributed by atoms with Gasteiger partial charge >= 0.3 is 0 Å². The zero-order valence-electron chi connectivity index (χ0n) is 13.9. The SMILES string of the molecule is CNCCC(=O)NCC1CCN(S(=O)(=O)c2ccccc2)CC1.Cl. The Hall–Kier alpha value is -1.15. The van der Waals surface area contributed by atoms with E-state index in [4.69, 9.17) is 0 Å². The van der Waals surface area contributed by atoms with Gasteiger partial charge in [0.15, 0.2) is 0 Å². The van der Waals surface area contributed by atoms with Crippen LogP contribution in [-0.2, 0) is 14.8 Å². The second-order valence-corrected chi connectivity index (χ2v) is 7.76. The highest BCUT2D eigenvalue weighted by Gasteiger charge is 2.29. The Morgan fingerprint density at radius 1 is 1.21 bits per heavy atom. The van der Waals surface area contributed by atoms with Crippen LogP contribution >= 0.6 is 12.4 Å². The van der Waals surface area contributed by atoms with E-state index in [9.17, 15) is 13.2 Å². The van der Waals surface area contributed by atoms with Crippen LogP contribution < -0.4 is 10.6 Å². The molecule has 24 heavy (non-hydrogen) atoms.